The quantitative estimate of drug-likeness (QED) is 0.809. The van der Waals surface area contributed by atoms with E-state index in [0.29, 0.717) is 5.92 Å². The third kappa shape index (κ3) is 4.14. The number of anilines is 2. The van der Waals surface area contributed by atoms with E-state index in [1.807, 2.05) is 25.1 Å². The van der Waals surface area contributed by atoms with Gasteiger partial charge in [0.2, 0.25) is 0 Å². The van der Waals surface area contributed by atoms with Gasteiger partial charge in [0.15, 0.2) is 0 Å². The number of hydrogen-bond donors (Lipinski definition) is 2. The second-order valence-electron chi connectivity index (χ2n) is 4.93. The van der Waals surface area contributed by atoms with Gasteiger partial charge in [-0.2, -0.15) is 0 Å². The summed E-state index contributed by atoms with van der Waals surface area (Å²) in [7, 11) is 3.83. The van der Waals surface area contributed by atoms with E-state index >= 15 is 0 Å². The Hall–Kier alpha value is -1.36. The van der Waals surface area contributed by atoms with E-state index in [9.17, 15) is 5.11 Å². The zero-order chi connectivity index (χ0) is 13.7. The first-order valence-electron chi connectivity index (χ1n) is 6.40. The maximum Gasteiger partial charge on any atom is 0.135 e. The van der Waals surface area contributed by atoms with Gasteiger partial charge in [0.1, 0.15) is 17.5 Å². The largest absolute Gasteiger partial charge is 0.393 e. The van der Waals surface area contributed by atoms with Crippen molar-refractivity contribution in [1.29, 1.82) is 0 Å². The SMILES string of the molecule is CNc1cc(N(C)CCC(C)O)nc(C(C)C)n1. The van der Waals surface area contributed by atoms with Crippen LogP contribution in [-0.2, 0) is 0 Å². The number of aliphatic hydroxyl groups is 1. The van der Waals surface area contributed by atoms with Crippen molar-refractivity contribution in [3.05, 3.63) is 11.9 Å². The van der Waals surface area contributed by atoms with Crippen LogP contribution in [0.2, 0.25) is 0 Å². The van der Waals surface area contributed by atoms with Crippen LogP contribution in [-0.4, -0.2) is 41.8 Å². The molecule has 0 aromatic carbocycles. The molecule has 0 aliphatic heterocycles. The fourth-order valence-electron chi connectivity index (χ4n) is 1.53. The van der Waals surface area contributed by atoms with Crippen LogP contribution >= 0.6 is 0 Å². The molecule has 0 fully saturated rings. The minimum absolute atomic E-state index is 0.289. The van der Waals surface area contributed by atoms with Gasteiger partial charge in [-0.05, 0) is 13.3 Å². The first-order valence-corrected chi connectivity index (χ1v) is 6.40. The van der Waals surface area contributed by atoms with Crippen molar-refractivity contribution in [2.24, 2.45) is 0 Å². The zero-order valence-corrected chi connectivity index (χ0v) is 11.9. The molecule has 0 spiro atoms. The van der Waals surface area contributed by atoms with Crippen LogP contribution in [0.25, 0.3) is 0 Å². The lowest BCUT2D eigenvalue weighted by molar-refractivity contribution is 0.187. The zero-order valence-electron chi connectivity index (χ0n) is 11.9. The van der Waals surface area contributed by atoms with Gasteiger partial charge in [-0.3, -0.25) is 0 Å². The molecule has 18 heavy (non-hydrogen) atoms. The monoisotopic (exact) mass is 252 g/mol. The fourth-order valence-corrected chi connectivity index (χ4v) is 1.53. The highest BCUT2D eigenvalue weighted by molar-refractivity contribution is 5.48. The molecule has 102 valence electrons. The van der Waals surface area contributed by atoms with Crippen LogP contribution in [0.5, 0.6) is 0 Å². The first-order chi connectivity index (χ1) is 8.43. The first kappa shape index (κ1) is 14.7. The van der Waals surface area contributed by atoms with Crippen molar-refractivity contribution in [3.63, 3.8) is 0 Å². The van der Waals surface area contributed by atoms with Gasteiger partial charge in [-0.1, -0.05) is 13.8 Å². The number of nitrogens with zero attached hydrogens (tertiary/aromatic N) is 3. The second-order valence-corrected chi connectivity index (χ2v) is 4.93. The number of hydrogen-bond acceptors (Lipinski definition) is 5. The topological polar surface area (TPSA) is 61.3 Å². The van der Waals surface area contributed by atoms with Gasteiger partial charge in [0.25, 0.3) is 0 Å². The molecule has 1 aromatic rings. The smallest absolute Gasteiger partial charge is 0.135 e. The molecule has 1 heterocycles. The minimum Gasteiger partial charge on any atom is -0.393 e. The highest BCUT2D eigenvalue weighted by Gasteiger charge is 2.11. The number of nitrogens with one attached hydrogen (secondary N) is 1. The van der Waals surface area contributed by atoms with Gasteiger partial charge in [0, 0.05) is 32.6 Å². The van der Waals surface area contributed by atoms with Gasteiger partial charge in [-0.25, -0.2) is 9.97 Å². The molecule has 5 heteroatoms. The summed E-state index contributed by atoms with van der Waals surface area (Å²) in [5.74, 6) is 2.84. The molecule has 0 aliphatic carbocycles. The van der Waals surface area contributed by atoms with Crippen LogP contribution in [0, 0.1) is 0 Å². The Bertz CT molecular complexity index is 379. The van der Waals surface area contributed by atoms with E-state index in [1.165, 1.54) is 0 Å². The molecule has 2 N–H and O–H groups in total. The Kier molecular flexibility index (Phi) is 5.34. The van der Waals surface area contributed by atoms with Crippen LogP contribution in [0.3, 0.4) is 0 Å². The van der Waals surface area contributed by atoms with Gasteiger partial charge in [-0.15, -0.1) is 0 Å². The Morgan fingerprint density at radius 2 is 2.00 bits per heavy atom. The van der Waals surface area contributed by atoms with Crippen molar-refractivity contribution in [2.75, 3.05) is 30.9 Å². The van der Waals surface area contributed by atoms with E-state index in [4.69, 9.17) is 0 Å². The summed E-state index contributed by atoms with van der Waals surface area (Å²) in [6, 6.07) is 1.92. The molecule has 0 radical (unpaired) electrons. The molecule has 1 atom stereocenters. The van der Waals surface area contributed by atoms with E-state index in [1.54, 1.807) is 6.92 Å². The summed E-state index contributed by atoms with van der Waals surface area (Å²) in [5, 5.41) is 12.4. The molecule has 0 amide bonds. The Labute approximate surface area is 109 Å². The van der Waals surface area contributed by atoms with E-state index in [2.05, 4.69) is 29.1 Å². The Morgan fingerprint density at radius 1 is 1.33 bits per heavy atom. The van der Waals surface area contributed by atoms with E-state index in [-0.39, 0.29) is 6.10 Å². The summed E-state index contributed by atoms with van der Waals surface area (Å²) < 4.78 is 0. The summed E-state index contributed by atoms with van der Waals surface area (Å²) in [6.07, 6.45) is 0.439. The normalized spacial score (nSPS) is 12.6. The molecular weight excluding hydrogens is 228 g/mol. The van der Waals surface area contributed by atoms with Crippen LogP contribution < -0.4 is 10.2 Å². The lowest BCUT2D eigenvalue weighted by Gasteiger charge is -2.20. The number of aromatic nitrogens is 2. The maximum absolute atomic E-state index is 9.32. The maximum atomic E-state index is 9.32. The van der Waals surface area contributed by atoms with Crippen LogP contribution in [0.15, 0.2) is 6.07 Å². The Morgan fingerprint density at radius 3 is 2.50 bits per heavy atom. The summed E-state index contributed by atoms with van der Waals surface area (Å²) in [6.45, 7) is 6.73. The minimum atomic E-state index is -0.289. The molecule has 5 nitrogen and oxygen atoms in total. The van der Waals surface area contributed by atoms with Crippen molar-refractivity contribution < 1.29 is 5.11 Å². The van der Waals surface area contributed by atoms with Gasteiger partial charge in [0.05, 0.1) is 6.10 Å². The molecule has 1 aromatic heterocycles. The molecule has 0 saturated carbocycles. The Balaban J connectivity index is 2.89. The number of aliphatic hydroxyl groups excluding tert-OH is 1. The fraction of sp³-hybridized carbons (Fsp3) is 0.692. The van der Waals surface area contributed by atoms with Crippen molar-refractivity contribution in [2.45, 2.75) is 39.2 Å². The van der Waals surface area contributed by atoms with E-state index in [0.717, 1.165) is 30.4 Å². The molecule has 1 rings (SSSR count). The third-order valence-corrected chi connectivity index (χ3v) is 2.78. The molecule has 0 bridgehead atoms. The van der Waals surface area contributed by atoms with E-state index < -0.39 is 0 Å². The van der Waals surface area contributed by atoms with Gasteiger partial charge < -0.3 is 15.3 Å². The summed E-state index contributed by atoms with van der Waals surface area (Å²) in [4.78, 5) is 11.0. The van der Waals surface area contributed by atoms with Crippen LogP contribution in [0.1, 0.15) is 38.9 Å². The second kappa shape index (κ2) is 6.54. The summed E-state index contributed by atoms with van der Waals surface area (Å²) in [5.41, 5.74) is 0. The lowest BCUT2D eigenvalue weighted by Crippen LogP contribution is -2.23. The third-order valence-electron chi connectivity index (χ3n) is 2.78. The van der Waals surface area contributed by atoms with Gasteiger partial charge >= 0.3 is 0 Å². The van der Waals surface area contributed by atoms with Crippen molar-refractivity contribution in [1.82, 2.24) is 9.97 Å². The van der Waals surface area contributed by atoms with Crippen LogP contribution in [0.4, 0.5) is 11.6 Å². The molecular formula is C13H24N4O. The predicted octanol–water partition coefficient (Wildman–Crippen LogP) is 1.85. The van der Waals surface area contributed by atoms with Crippen molar-refractivity contribution >= 4 is 11.6 Å². The molecule has 1 unspecified atom stereocenters. The van der Waals surface area contributed by atoms with Crippen molar-refractivity contribution in [3.8, 4) is 0 Å². The highest BCUT2D eigenvalue weighted by Crippen LogP contribution is 2.19. The molecule has 0 aliphatic rings. The lowest BCUT2D eigenvalue weighted by atomic mass is 10.2. The number of rotatable bonds is 6. The average molecular weight is 252 g/mol. The highest BCUT2D eigenvalue weighted by atomic mass is 16.3. The molecule has 0 saturated heterocycles. The predicted molar refractivity (Wildman–Crippen MR) is 75.2 cm³/mol. The summed E-state index contributed by atoms with van der Waals surface area (Å²) >= 11 is 0. The standard InChI is InChI=1S/C13H24N4O/c1-9(2)13-15-11(14-4)8-12(16-13)17(5)7-6-10(3)18/h8-10,18H,6-7H2,1-5H3,(H,14,15,16). The average Bonchev–Trinajstić information content (AvgIpc) is 2.35.